The summed E-state index contributed by atoms with van der Waals surface area (Å²) in [5, 5.41) is 6.89. The topological polar surface area (TPSA) is 70.8 Å². The van der Waals surface area contributed by atoms with E-state index in [0.717, 1.165) is 0 Å². The molecule has 0 aromatic carbocycles. The largest absolute Gasteiger partial charge is 0.693 e. The first kappa shape index (κ1) is 19.7. The van der Waals surface area contributed by atoms with Gasteiger partial charge in [-0.1, -0.05) is 0 Å². The van der Waals surface area contributed by atoms with Crippen molar-refractivity contribution in [1.29, 1.82) is 0 Å². The quantitative estimate of drug-likeness (QED) is 0.378. The summed E-state index contributed by atoms with van der Waals surface area (Å²) in [4.78, 5) is 8.36. The van der Waals surface area contributed by atoms with Gasteiger partial charge in [0.05, 0.1) is 0 Å². The Balaban J connectivity index is -0.0000000200. The van der Waals surface area contributed by atoms with Gasteiger partial charge in [0.2, 0.25) is 0 Å². The van der Waals surface area contributed by atoms with E-state index in [0.29, 0.717) is 0 Å². The van der Waals surface area contributed by atoms with Crippen LogP contribution in [0, 0.1) is 0 Å². The average molecular weight is 127 g/mol. The fraction of sp³-hybridized carbons (Fsp3) is 0. The Hall–Kier alpha value is 0.0534. The second-order valence-electron chi connectivity index (χ2n) is 0.105. The van der Waals surface area contributed by atoms with Crippen molar-refractivity contribution in [2.45, 2.75) is 0 Å². The minimum atomic E-state index is -0.250. The Morgan fingerprint density at radius 3 is 1.60 bits per heavy atom. The SMILES string of the molecule is O=CO.[NH2-].[Zn]. The van der Waals surface area contributed by atoms with Crippen LogP contribution in [0.1, 0.15) is 0 Å². The molecule has 28 valence electrons. The number of hydrogen-bond acceptors (Lipinski definition) is 1. The fourth-order valence-corrected chi connectivity index (χ4v) is 0. The van der Waals surface area contributed by atoms with Gasteiger partial charge in [-0.2, -0.15) is 0 Å². The molecule has 0 aliphatic carbocycles. The number of carboxylic acid groups (broad SMARTS) is 1. The van der Waals surface area contributed by atoms with E-state index >= 15 is 0 Å². The van der Waals surface area contributed by atoms with Crippen LogP contribution >= 0.6 is 0 Å². The summed E-state index contributed by atoms with van der Waals surface area (Å²) >= 11 is 0. The first-order chi connectivity index (χ1) is 1.41. The monoisotopic (exact) mass is 126 g/mol. The van der Waals surface area contributed by atoms with E-state index in [4.69, 9.17) is 9.90 Å². The molecule has 0 radical (unpaired) electrons. The van der Waals surface area contributed by atoms with Crippen LogP contribution in [-0.4, -0.2) is 11.6 Å². The molecule has 3 N–H and O–H groups in total. The van der Waals surface area contributed by atoms with Gasteiger partial charge in [-0.3, -0.25) is 4.79 Å². The Bertz CT molecular complexity index is 17.1. The van der Waals surface area contributed by atoms with Gasteiger partial charge in [-0.05, 0) is 0 Å². The van der Waals surface area contributed by atoms with Crippen LogP contribution in [0.2, 0.25) is 0 Å². The van der Waals surface area contributed by atoms with Crippen LogP contribution < -0.4 is 0 Å². The van der Waals surface area contributed by atoms with E-state index in [1.807, 2.05) is 0 Å². The molecule has 0 saturated heterocycles. The fourth-order valence-electron chi connectivity index (χ4n) is 0. The van der Waals surface area contributed by atoms with Crippen LogP contribution in [0.5, 0.6) is 0 Å². The van der Waals surface area contributed by atoms with Gasteiger partial charge in [0, 0.05) is 19.5 Å². The van der Waals surface area contributed by atoms with Crippen molar-refractivity contribution in [2.75, 3.05) is 0 Å². The molecule has 4 heteroatoms. The summed E-state index contributed by atoms with van der Waals surface area (Å²) in [5.74, 6) is 0. The molecule has 0 fully saturated rings. The Morgan fingerprint density at radius 1 is 1.60 bits per heavy atom. The maximum atomic E-state index is 8.36. The summed E-state index contributed by atoms with van der Waals surface area (Å²) < 4.78 is 0. The summed E-state index contributed by atoms with van der Waals surface area (Å²) in [5.41, 5.74) is 0. The molecule has 0 heterocycles. The second kappa shape index (κ2) is 34.1. The average Bonchev–Trinajstić information content (AvgIpc) is 0.918. The summed E-state index contributed by atoms with van der Waals surface area (Å²) in [6.07, 6.45) is 0. The van der Waals surface area contributed by atoms with E-state index in [1.54, 1.807) is 0 Å². The second-order valence-corrected chi connectivity index (χ2v) is 0.105. The molecular formula is CH4NO2Zn-. The molecule has 0 saturated carbocycles. The van der Waals surface area contributed by atoms with Crippen LogP contribution in [0.25, 0.3) is 6.15 Å². The van der Waals surface area contributed by atoms with Crippen molar-refractivity contribution in [1.82, 2.24) is 0 Å². The van der Waals surface area contributed by atoms with Gasteiger partial charge < -0.3 is 11.3 Å². The molecule has 0 unspecified atom stereocenters. The van der Waals surface area contributed by atoms with Crippen molar-refractivity contribution in [3.05, 3.63) is 6.15 Å². The van der Waals surface area contributed by atoms with E-state index in [-0.39, 0.29) is 32.1 Å². The predicted molar refractivity (Wildman–Crippen MR) is 14.0 cm³/mol. The zero-order valence-electron chi connectivity index (χ0n) is 2.72. The normalized spacial score (nSPS) is 2.40. The number of carbonyl (C=O) groups is 1. The summed E-state index contributed by atoms with van der Waals surface area (Å²) in [6, 6.07) is 0. The maximum absolute atomic E-state index is 8.36. The zero-order valence-corrected chi connectivity index (χ0v) is 5.68. The Morgan fingerprint density at radius 2 is 1.60 bits per heavy atom. The molecule has 3 nitrogen and oxygen atoms in total. The number of nitrogens with two attached hydrogens (primary N) is 1. The zero-order chi connectivity index (χ0) is 2.71. The van der Waals surface area contributed by atoms with Gasteiger partial charge in [-0.25, -0.2) is 0 Å². The van der Waals surface area contributed by atoms with E-state index in [2.05, 4.69) is 0 Å². The number of rotatable bonds is 0. The summed E-state index contributed by atoms with van der Waals surface area (Å²) in [7, 11) is 0. The van der Waals surface area contributed by atoms with Crippen LogP contribution in [-0.2, 0) is 24.3 Å². The van der Waals surface area contributed by atoms with Crippen molar-refractivity contribution in [2.24, 2.45) is 0 Å². The van der Waals surface area contributed by atoms with Crippen LogP contribution in [0.3, 0.4) is 0 Å². The van der Waals surface area contributed by atoms with E-state index in [9.17, 15) is 0 Å². The predicted octanol–water partition coefficient (Wildman–Crippen LogP) is 0.415. The van der Waals surface area contributed by atoms with Gasteiger partial charge in [0.15, 0.2) is 0 Å². The third-order valence-corrected chi connectivity index (χ3v) is 0. The molecular weight excluding hydrogens is 123 g/mol. The van der Waals surface area contributed by atoms with E-state index in [1.165, 1.54) is 0 Å². The molecule has 0 atom stereocenters. The first-order valence-electron chi connectivity index (χ1n) is 0.494. The molecule has 0 aliphatic heterocycles. The van der Waals surface area contributed by atoms with E-state index < -0.39 is 0 Å². The minimum Gasteiger partial charge on any atom is -0.693 e. The minimum absolute atomic E-state index is 0. The molecule has 0 aliphatic rings. The van der Waals surface area contributed by atoms with Crippen molar-refractivity contribution < 1.29 is 29.4 Å². The van der Waals surface area contributed by atoms with Gasteiger partial charge in [-0.15, -0.1) is 0 Å². The molecule has 0 amide bonds. The summed E-state index contributed by atoms with van der Waals surface area (Å²) in [6.45, 7) is -0.250. The molecule has 0 aromatic rings. The maximum Gasteiger partial charge on any atom is 0.290 e. The first-order valence-corrected chi connectivity index (χ1v) is 0.494. The van der Waals surface area contributed by atoms with Crippen LogP contribution in [0.15, 0.2) is 0 Å². The van der Waals surface area contributed by atoms with Crippen molar-refractivity contribution in [3.63, 3.8) is 0 Å². The number of hydrogen-bond donors (Lipinski definition) is 1. The smallest absolute Gasteiger partial charge is 0.290 e. The van der Waals surface area contributed by atoms with Gasteiger partial charge in [0.25, 0.3) is 6.47 Å². The molecule has 0 rings (SSSR count). The Kier molecular flexibility index (Phi) is 134. The molecule has 0 spiro atoms. The third kappa shape index (κ3) is 6000. The van der Waals surface area contributed by atoms with Crippen molar-refractivity contribution in [3.8, 4) is 0 Å². The third-order valence-electron chi connectivity index (χ3n) is 0. The molecule has 0 bridgehead atoms. The van der Waals surface area contributed by atoms with Gasteiger partial charge >= 0.3 is 0 Å². The standard InChI is InChI=1S/CH2O2.H2N.Zn/c2-1-3;;/h1H,(H,2,3);1H2;/q;-1;. The van der Waals surface area contributed by atoms with Crippen LogP contribution in [0.4, 0.5) is 0 Å². The van der Waals surface area contributed by atoms with Crippen molar-refractivity contribution >= 4 is 6.47 Å². The molecule has 5 heavy (non-hydrogen) atoms. The molecule has 0 aromatic heterocycles. The Labute approximate surface area is 42.7 Å². The van der Waals surface area contributed by atoms with Gasteiger partial charge in [0.1, 0.15) is 0 Å².